The second kappa shape index (κ2) is 5.22. The van der Waals surface area contributed by atoms with Crippen molar-refractivity contribution in [3.8, 4) is 0 Å². The molecule has 3 nitrogen and oxygen atoms in total. The van der Waals surface area contributed by atoms with Gasteiger partial charge >= 0.3 is 5.97 Å². The van der Waals surface area contributed by atoms with Crippen LogP contribution in [-0.2, 0) is 9.53 Å². The van der Waals surface area contributed by atoms with Gasteiger partial charge in [-0.25, -0.2) is 0 Å². The summed E-state index contributed by atoms with van der Waals surface area (Å²) in [5.74, 6) is -1.09. The first-order valence-electron chi connectivity index (χ1n) is 4.74. The highest BCUT2D eigenvalue weighted by molar-refractivity contribution is 5.70. The molecule has 0 radical (unpaired) electrons. The summed E-state index contributed by atoms with van der Waals surface area (Å²) >= 11 is 0. The Morgan fingerprint density at radius 3 is 1.85 bits per heavy atom. The van der Waals surface area contributed by atoms with Gasteiger partial charge in [0.1, 0.15) is 0 Å². The van der Waals surface area contributed by atoms with E-state index >= 15 is 0 Å². The molecular weight excluding hydrogens is 168 g/mol. The lowest BCUT2D eigenvalue weighted by atomic mass is 9.91. The van der Waals surface area contributed by atoms with Crippen molar-refractivity contribution in [2.24, 2.45) is 11.8 Å². The topological polar surface area (TPSA) is 46.5 Å². The molecule has 0 fully saturated rings. The first-order chi connectivity index (χ1) is 5.86. The van der Waals surface area contributed by atoms with Crippen molar-refractivity contribution in [2.45, 2.75) is 46.8 Å². The van der Waals surface area contributed by atoms with Crippen LogP contribution < -0.4 is 0 Å². The highest BCUT2D eigenvalue weighted by Gasteiger charge is 2.28. The fourth-order valence-electron chi connectivity index (χ4n) is 1.54. The van der Waals surface area contributed by atoms with Gasteiger partial charge in [0.05, 0.1) is 18.1 Å². The van der Waals surface area contributed by atoms with E-state index in [0.29, 0.717) is 0 Å². The molecule has 1 N–H and O–H groups in total. The van der Waals surface area contributed by atoms with Crippen LogP contribution in [0.15, 0.2) is 0 Å². The van der Waals surface area contributed by atoms with E-state index < -0.39 is 11.9 Å². The van der Waals surface area contributed by atoms with Crippen LogP contribution >= 0.6 is 0 Å². The van der Waals surface area contributed by atoms with Crippen LogP contribution in [0.1, 0.15) is 34.6 Å². The molecule has 0 saturated carbocycles. The number of ether oxygens (including phenoxy) is 1. The lowest BCUT2D eigenvalue weighted by molar-refractivity contribution is -0.150. The van der Waals surface area contributed by atoms with Crippen molar-refractivity contribution in [1.82, 2.24) is 0 Å². The zero-order valence-corrected chi connectivity index (χ0v) is 9.07. The van der Waals surface area contributed by atoms with Gasteiger partial charge in [-0.1, -0.05) is 13.8 Å². The van der Waals surface area contributed by atoms with E-state index in [9.17, 15) is 4.79 Å². The third-order valence-electron chi connectivity index (χ3n) is 2.00. The highest BCUT2D eigenvalue weighted by Crippen LogP contribution is 2.19. The second-order valence-electron chi connectivity index (χ2n) is 4.00. The van der Waals surface area contributed by atoms with Crippen molar-refractivity contribution in [2.75, 3.05) is 0 Å². The SMILES string of the molecule is CC(C)OC(C)C(C(=O)O)C(C)C. The zero-order valence-electron chi connectivity index (χ0n) is 9.07. The van der Waals surface area contributed by atoms with Crippen LogP contribution in [0, 0.1) is 11.8 Å². The van der Waals surface area contributed by atoms with Gasteiger partial charge in [0.25, 0.3) is 0 Å². The van der Waals surface area contributed by atoms with Gasteiger partial charge in [-0.15, -0.1) is 0 Å². The molecule has 0 aromatic heterocycles. The van der Waals surface area contributed by atoms with Crippen LogP contribution in [0.4, 0.5) is 0 Å². The van der Waals surface area contributed by atoms with Crippen molar-refractivity contribution in [1.29, 1.82) is 0 Å². The minimum absolute atomic E-state index is 0.0793. The predicted octanol–water partition coefficient (Wildman–Crippen LogP) is 2.16. The number of aliphatic carboxylic acids is 1. The molecule has 0 rings (SSSR count). The molecule has 78 valence electrons. The monoisotopic (exact) mass is 188 g/mol. The summed E-state index contributed by atoms with van der Waals surface area (Å²) in [6.07, 6.45) is -0.145. The summed E-state index contributed by atoms with van der Waals surface area (Å²) in [7, 11) is 0. The largest absolute Gasteiger partial charge is 0.481 e. The fraction of sp³-hybridized carbons (Fsp3) is 0.900. The van der Waals surface area contributed by atoms with Crippen molar-refractivity contribution in [3.63, 3.8) is 0 Å². The van der Waals surface area contributed by atoms with Gasteiger partial charge in [0, 0.05) is 0 Å². The summed E-state index contributed by atoms with van der Waals surface area (Å²) in [5, 5.41) is 8.95. The number of hydrogen-bond acceptors (Lipinski definition) is 2. The van der Waals surface area contributed by atoms with E-state index in [1.54, 1.807) is 0 Å². The smallest absolute Gasteiger partial charge is 0.309 e. The minimum atomic E-state index is -0.775. The summed E-state index contributed by atoms with van der Waals surface area (Å²) in [5.41, 5.74) is 0. The summed E-state index contributed by atoms with van der Waals surface area (Å²) < 4.78 is 5.45. The molecule has 0 bridgehead atoms. The van der Waals surface area contributed by atoms with Gasteiger partial charge in [-0.3, -0.25) is 4.79 Å². The second-order valence-corrected chi connectivity index (χ2v) is 4.00. The number of carboxylic acids is 1. The Labute approximate surface area is 80.1 Å². The summed E-state index contributed by atoms with van der Waals surface area (Å²) in [6.45, 7) is 9.45. The van der Waals surface area contributed by atoms with Gasteiger partial charge < -0.3 is 9.84 Å². The van der Waals surface area contributed by atoms with Crippen molar-refractivity contribution >= 4 is 5.97 Å². The molecule has 0 saturated heterocycles. The summed E-state index contributed by atoms with van der Waals surface area (Å²) in [6, 6.07) is 0. The number of rotatable bonds is 5. The van der Waals surface area contributed by atoms with Crippen LogP contribution in [0.25, 0.3) is 0 Å². The Morgan fingerprint density at radius 1 is 1.15 bits per heavy atom. The molecule has 0 aliphatic carbocycles. The standard InChI is InChI=1S/C10H20O3/c1-6(2)9(10(11)12)8(5)13-7(3)4/h6-9H,1-5H3,(H,11,12). The van der Waals surface area contributed by atoms with Crippen LogP contribution in [0.2, 0.25) is 0 Å². The highest BCUT2D eigenvalue weighted by atomic mass is 16.5. The van der Waals surface area contributed by atoms with Gasteiger partial charge in [-0.2, -0.15) is 0 Å². The number of carboxylic acid groups (broad SMARTS) is 1. The van der Waals surface area contributed by atoms with Gasteiger partial charge in [0.2, 0.25) is 0 Å². The Kier molecular flexibility index (Phi) is 4.99. The minimum Gasteiger partial charge on any atom is -0.481 e. The molecule has 0 aromatic carbocycles. The van der Waals surface area contributed by atoms with E-state index in [-0.39, 0.29) is 18.1 Å². The molecular formula is C10H20O3. The van der Waals surface area contributed by atoms with E-state index in [4.69, 9.17) is 9.84 Å². The Hall–Kier alpha value is -0.570. The number of hydrogen-bond donors (Lipinski definition) is 1. The maximum absolute atomic E-state index is 10.9. The normalized spacial score (nSPS) is 16.2. The van der Waals surface area contributed by atoms with E-state index in [2.05, 4.69) is 0 Å². The molecule has 0 aromatic rings. The van der Waals surface area contributed by atoms with Crippen molar-refractivity contribution < 1.29 is 14.6 Å². The molecule has 2 atom stereocenters. The van der Waals surface area contributed by atoms with Gasteiger partial charge in [0.15, 0.2) is 0 Å². The van der Waals surface area contributed by atoms with Gasteiger partial charge in [-0.05, 0) is 26.7 Å². The Bertz CT molecular complexity index is 164. The zero-order chi connectivity index (χ0) is 10.6. The maximum atomic E-state index is 10.9. The van der Waals surface area contributed by atoms with E-state index in [1.165, 1.54) is 0 Å². The molecule has 0 heterocycles. The molecule has 2 unspecified atom stereocenters. The fourth-order valence-corrected chi connectivity index (χ4v) is 1.54. The molecule has 0 amide bonds. The third kappa shape index (κ3) is 4.27. The lowest BCUT2D eigenvalue weighted by Gasteiger charge is -2.25. The maximum Gasteiger partial charge on any atom is 0.309 e. The molecule has 0 aliphatic rings. The van der Waals surface area contributed by atoms with E-state index in [0.717, 1.165) is 0 Å². The van der Waals surface area contributed by atoms with E-state index in [1.807, 2.05) is 34.6 Å². The molecule has 0 spiro atoms. The molecule has 13 heavy (non-hydrogen) atoms. The Balaban J connectivity index is 4.28. The lowest BCUT2D eigenvalue weighted by Crippen LogP contribution is -2.34. The average Bonchev–Trinajstić information content (AvgIpc) is 1.81. The molecule has 0 aliphatic heterocycles. The Morgan fingerprint density at radius 2 is 1.62 bits per heavy atom. The average molecular weight is 188 g/mol. The third-order valence-corrected chi connectivity index (χ3v) is 2.00. The van der Waals surface area contributed by atoms with Crippen molar-refractivity contribution in [3.05, 3.63) is 0 Å². The predicted molar refractivity (Wildman–Crippen MR) is 51.6 cm³/mol. The quantitative estimate of drug-likeness (QED) is 0.719. The number of carbonyl (C=O) groups is 1. The van der Waals surface area contributed by atoms with Crippen LogP contribution in [-0.4, -0.2) is 23.3 Å². The first-order valence-corrected chi connectivity index (χ1v) is 4.74. The summed E-state index contributed by atoms with van der Waals surface area (Å²) in [4.78, 5) is 10.9. The van der Waals surface area contributed by atoms with Crippen LogP contribution in [0.3, 0.4) is 0 Å². The van der Waals surface area contributed by atoms with Crippen LogP contribution in [0.5, 0.6) is 0 Å². The first kappa shape index (κ1) is 12.4. The molecule has 3 heteroatoms.